The van der Waals surface area contributed by atoms with Crippen LogP contribution >= 0.6 is 0 Å². The Bertz CT molecular complexity index is 1360. The summed E-state index contributed by atoms with van der Waals surface area (Å²) in [4.78, 5) is 28.7. The first kappa shape index (κ1) is 19.1. The molecule has 0 saturated carbocycles. The molecule has 0 spiro atoms. The van der Waals surface area contributed by atoms with Crippen molar-refractivity contribution in [1.82, 2.24) is 9.78 Å². The van der Waals surface area contributed by atoms with Gasteiger partial charge in [0.05, 0.1) is 18.2 Å². The van der Waals surface area contributed by atoms with Crippen LogP contribution in [0.5, 0.6) is 5.75 Å². The van der Waals surface area contributed by atoms with Crippen LogP contribution in [0.4, 0.5) is 5.69 Å². The molecule has 0 N–H and O–H groups in total. The highest BCUT2D eigenvalue weighted by molar-refractivity contribution is 6.12. The van der Waals surface area contributed by atoms with Gasteiger partial charge in [-0.15, -0.1) is 0 Å². The SMILES string of the molecule is COc1cccc(-n2nc(C(=O)N3CCCc4ccccc43)c3ccccc3c2=O)c1. The number of aromatic nitrogens is 2. The molecule has 154 valence electrons. The van der Waals surface area contributed by atoms with Gasteiger partial charge in [0.25, 0.3) is 11.5 Å². The number of benzene rings is 3. The number of aryl methyl sites for hydroxylation is 1. The highest BCUT2D eigenvalue weighted by atomic mass is 16.5. The molecule has 6 heteroatoms. The number of amides is 1. The smallest absolute Gasteiger partial charge is 0.279 e. The summed E-state index contributed by atoms with van der Waals surface area (Å²) in [6.07, 6.45) is 1.83. The second-order valence-electron chi connectivity index (χ2n) is 7.50. The number of methoxy groups -OCH3 is 1. The van der Waals surface area contributed by atoms with Gasteiger partial charge in [0, 0.05) is 23.7 Å². The molecule has 0 aliphatic carbocycles. The third-order valence-electron chi connectivity index (χ3n) is 5.66. The fraction of sp³-hybridized carbons (Fsp3) is 0.160. The van der Waals surface area contributed by atoms with Crippen LogP contribution in [0, 0.1) is 0 Å². The Kier molecular flexibility index (Phi) is 4.75. The number of hydrogen-bond donors (Lipinski definition) is 0. The van der Waals surface area contributed by atoms with E-state index < -0.39 is 0 Å². The predicted octanol–water partition coefficient (Wildman–Crippen LogP) is 3.99. The van der Waals surface area contributed by atoms with E-state index in [1.165, 1.54) is 4.68 Å². The van der Waals surface area contributed by atoms with Crippen LogP contribution in [0.1, 0.15) is 22.5 Å². The molecule has 0 unspecified atom stereocenters. The Labute approximate surface area is 179 Å². The van der Waals surface area contributed by atoms with E-state index in [0.29, 0.717) is 28.8 Å². The number of ether oxygens (including phenoxy) is 1. The Morgan fingerprint density at radius 1 is 0.968 bits per heavy atom. The maximum atomic E-state index is 13.7. The van der Waals surface area contributed by atoms with Crippen molar-refractivity contribution >= 4 is 22.4 Å². The lowest BCUT2D eigenvalue weighted by Gasteiger charge is -2.29. The van der Waals surface area contributed by atoms with Gasteiger partial charge < -0.3 is 9.64 Å². The molecule has 1 aliphatic rings. The molecule has 0 saturated heterocycles. The van der Waals surface area contributed by atoms with Gasteiger partial charge in [-0.2, -0.15) is 9.78 Å². The summed E-state index contributed by atoms with van der Waals surface area (Å²) in [5.41, 5.74) is 2.58. The van der Waals surface area contributed by atoms with Gasteiger partial charge in [-0.3, -0.25) is 9.59 Å². The van der Waals surface area contributed by atoms with Gasteiger partial charge in [-0.05, 0) is 42.7 Å². The molecule has 4 aromatic rings. The highest BCUT2D eigenvalue weighted by Gasteiger charge is 2.27. The van der Waals surface area contributed by atoms with E-state index in [-0.39, 0.29) is 17.2 Å². The first-order chi connectivity index (χ1) is 15.2. The summed E-state index contributed by atoms with van der Waals surface area (Å²) in [7, 11) is 1.57. The van der Waals surface area contributed by atoms with Crippen LogP contribution in [-0.4, -0.2) is 29.3 Å². The summed E-state index contributed by atoms with van der Waals surface area (Å²) >= 11 is 0. The lowest BCUT2D eigenvalue weighted by atomic mass is 10.0. The molecule has 0 fully saturated rings. The Morgan fingerprint density at radius 3 is 2.58 bits per heavy atom. The third-order valence-corrected chi connectivity index (χ3v) is 5.66. The lowest BCUT2D eigenvalue weighted by molar-refractivity contribution is 0.0980. The molecule has 6 nitrogen and oxygen atoms in total. The monoisotopic (exact) mass is 411 g/mol. The molecule has 1 amide bonds. The first-order valence-electron chi connectivity index (χ1n) is 10.2. The first-order valence-corrected chi connectivity index (χ1v) is 10.2. The number of para-hydroxylation sites is 1. The van der Waals surface area contributed by atoms with Crippen molar-refractivity contribution in [3.63, 3.8) is 0 Å². The molecule has 31 heavy (non-hydrogen) atoms. The standard InChI is InChI=1S/C25H21N3O3/c1-31-19-11-6-10-18(16-19)28-24(29)21-13-4-3-12-20(21)23(26-28)25(30)27-15-7-9-17-8-2-5-14-22(17)27/h2-6,8,10-14,16H,7,9,15H2,1H3. The van der Waals surface area contributed by atoms with Gasteiger partial charge in [-0.1, -0.05) is 42.5 Å². The van der Waals surface area contributed by atoms with E-state index >= 15 is 0 Å². The second kappa shape index (κ2) is 7.72. The van der Waals surface area contributed by atoms with Crippen LogP contribution in [-0.2, 0) is 6.42 Å². The Balaban J connectivity index is 1.71. The summed E-state index contributed by atoms with van der Waals surface area (Å²) in [5.74, 6) is 0.400. The molecule has 0 atom stereocenters. The van der Waals surface area contributed by atoms with Gasteiger partial charge in [-0.25, -0.2) is 0 Å². The number of anilines is 1. The minimum Gasteiger partial charge on any atom is -0.497 e. The average molecular weight is 411 g/mol. The number of nitrogens with zero attached hydrogens (tertiary/aromatic N) is 3. The zero-order valence-electron chi connectivity index (χ0n) is 17.1. The molecule has 5 rings (SSSR count). The normalized spacial score (nSPS) is 13.1. The minimum atomic E-state index is -0.278. The van der Waals surface area contributed by atoms with Crippen LogP contribution in [0.3, 0.4) is 0 Å². The Morgan fingerprint density at radius 2 is 1.74 bits per heavy atom. The molecule has 3 aromatic carbocycles. The van der Waals surface area contributed by atoms with E-state index in [2.05, 4.69) is 11.2 Å². The quantitative estimate of drug-likeness (QED) is 0.511. The van der Waals surface area contributed by atoms with Crippen molar-refractivity contribution < 1.29 is 9.53 Å². The average Bonchev–Trinajstić information content (AvgIpc) is 2.83. The van der Waals surface area contributed by atoms with Gasteiger partial charge >= 0.3 is 0 Å². The second-order valence-corrected chi connectivity index (χ2v) is 7.50. The topological polar surface area (TPSA) is 64.4 Å². The number of fused-ring (bicyclic) bond motifs is 2. The van der Waals surface area contributed by atoms with Crippen molar-refractivity contribution in [1.29, 1.82) is 0 Å². The molecular formula is C25H21N3O3. The summed E-state index contributed by atoms with van der Waals surface area (Å²) in [6, 6.07) is 22.2. The minimum absolute atomic E-state index is 0.208. The van der Waals surface area contributed by atoms with E-state index in [4.69, 9.17) is 4.74 Å². The maximum Gasteiger partial charge on any atom is 0.279 e. The van der Waals surface area contributed by atoms with E-state index in [9.17, 15) is 9.59 Å². The summed E-state index contributed by atoms with van der Waals surface area (Å²) < 4.78 is 6.58. The van der Waals surface area contributed by atoms with Crippen molar-refractivity contribution in [3.05, 3.63) is 94.4 Å². The number of rotatable bonds is 3. The maximum absolute atomic E-state index is 13.7. The zero-order chi connectivity index (χ0) is 21.4. The number of hydrogen-bond acceptors (Lipinski definition) is 4. The summed E-state index contributed by atoms with van der Waals surface area (Å²) in [5, 5.41) is 5.56. The third kappa shape index (κ3) is 3.26. The van der Waals surface area contributed by atoms with Crippen molar-refractivity contribution in [2.24, 2.45) is 0 Å². The molecular weight excluding hydrogens is 390 g/mol. The van der Waals surface area contributed by atoms with E-state index in [1.54, 1.807) is 54.5 Å². The molecule has 1 aromatic heterocycles. The van der Waals surface area contributed by atoms with Crippen molar-refractivity contribution in [2.75, 3.05) is 18.6 Å². The van der Waals surface area contributed by atoms with Crippen molar-refractivity contribution in [3.8, 4) is 11.4 Å². The zero-order valence-corrected chi connectivity index (χ0v) is 17.1. The molecule has 1 aliphatic heterocycles. The molecule has 0 radical (unpaired) electrons. The largest absolute Gasteiger partial charge is 0.497 e. The fourth-order valence-corrected chi connectivity index (χ4v) is 4.14. The fourth-order valence-electron chi connectivity index (χ4n) is 4.14. The van der Waals surface area contributed by atoms with Crippen LogP contribution < -0.4 is 15.2 Å². The summed E-state index contributed by atoms with van der Waals surface area (Å²) in [6.45, 7) is 0.615. The lowest BCUT2D eigenvalue weighted by Crippen LogP contribution is -2.37. The van der Waals surface area contributed by atoms with Gasteiger partial charge in [0.1, 0.15) is 5.75 Å². The van der Waals surface area contributed by atoms with Crippen LogP contribution in [0.15, 0.2) is 77.6 Å². The highest BCUT2D eigenvalue weighted by Crippen LogP contribution is 2.29. The van der Waals surface area contributed by atoms with Crippen LogP contribution in [0.2, 0.25) is 0 Å². The van der Waals surface area contributed by atoms with Crippen LogP contribution in [0.25, 0.3) is 16.5 Å². The van der Waals surface area contributed by atoms with E-state index in [0.717, 1.165) is 24.1 Å². The molecule has 0 bridgehead atoms. The van der Waals surface area contributed by atoms with E-state index in [1.807, 2.05) is 24.3 Å². The predicted molar refractivity (Wildman–Crippen MR) is 120 cm³/mol. The van der Waals surface area contributed by atoms with Gasteiger partial charge in [0.15, 0.2) is 5.69 Å². The number of carbonyl (C=O) groups is 1. The number of carbonyl (C=O) groups excluding carboxylic acids is 1. The molecule has 2 heterocycles. The van der Waals surface area contributed by atoms with Crippen molar-refractivity contribution in [2.45, 2.75) is 12.8 Å². The van der Waals surface area contributed by atoms with Gasteiger partial charge in [0.2, 0.25) is 0 Å². The Hall–Kier alpha value is -3.93.